The van der Waals surface area contributed by atoms with Gasteiger partial charge in [0, 0.05) is 23.1 Å². The third-order valence-corrected chi connectivity index (χ3v) is 3.80. The van der Waals surface area contributed by atoms with Crippen LogP contribution in [0.4, 0.5) is 0 Å². The molecule has 98 valence electrons. The molecule has 0 saturated heterocycles. The fourth-order valence-corrected chi connectivity index (χ4v) is 2.69. The second-order valence-corrected chi connectivity index (χ2v) is 5.95. The van der Waals surface area contributed by atoms with Crippen LogP contribution in [0.2, 0.25) is 0 Å². The summed E-state index contributed by atoms with van der Waals surface area (Å²) in [5, 5.41) is 6.13. The van der Waals surface area contributed by atoms with Gasteiger partial charge in [-0.15, -0.1) is 0 Å². The van der Waals surface area contributed by atoms with Crippen molar-refractivity contribution in [3.63, 3.8) is 0 Å². The molecule has 0 aliphatic carbocycles. The Bertz CT molecular complexity index is 687. The normalized spacial score (nSPS) is 12.3. The average Bonchev–Trinajstić information content (AvgIpc) is 2.68. The topological polar surface area (TPSA) is 74.3 Å². The molecule has 0 amide bonds. The number of sulfonamides is 1. The highest BCUT2D eigenvalue weighted by atomic mass is 32.2. The summed E-state index contributed by atoms with van der Waals surface area (Å²) in [6, 6.07) is 5.41. The minimum atomic E-state index is -3.80. The summed E-state index contributed by atoms with van der Waals surface area (Å²) >= 11 is 0. The van der Waals surface area contributed by atoms with Gasteiger partial charge in [0.05, 0.1) is 7.11 Å². The van der Waals surface area contributed by atoms with Gasteiger partial charge < -0.3 is 9.30 Å². The van der Waals surface area contributed by atoms with Gasteiger partial charge in [0.2, 0.25) is 10.0 Å². The molecule has 0 unspecified atom stereocenters. The Morgan fingerprint density at radius 1 is 1.33 bits per heavy atom. The quantitative estimate of drug-likeness (QED) is 0.923. The van der Waals surface area contributed by atoms with Gasteiger partial charge in [0.1, 0.15) is 10.6 Å². The van der Waals surface area contributed by atoms with E-state index in [9.17, 15) is 8.42 Å². The number of aromatic nitrogens is 1. The molecule has 2 aromatic rings. The summed E-state index contributed by atoms with van der Waals surface area (Å²) in [6.07, 6.45) is 1.92. The molecular formula is C12H16N2O3S. The molecule has 0 fully saturated rings. The zero-order valence-corrected chi connectivity index (χ0v) is 11.4. The summed E-state index contributed by atoms with van der Waals surface area (Å²) in [5.74, 6) is 0.270. The number of methoxy groups -OCH3 is 1. The summed E-state index contributed by atoms with van der Waals surface area (Å²) in [7, 11) is -2.37. The van der Waals surface area contributed by atoms with Crippen LogP contribution in [0.15, 0.2) is 29.3 Å². The predicted molar refractivity (Wildman–Crippen MR) is 70.2 cm³/mol. The van der Waals surface area contributed by atoms with Crippen molar-refractivity contribution in [2.75, 3.05) is 7.11 Å². The van der Waals surface area contributed by atoms with Gasteiger partial charge in [-0.2, -0.15) is 0 Å². The van der Waals surface area contributed by atoms with E-state index in [-0.39, 0.29) is 16.7 Å². The van der Waals surface area contributed by atoms with E-state index in [1.165, 1.54) is 7.11 Å². The molecule has 0 atom stereocenters. The smallest absolute Gasteiger partial charge is 0.241 e. The first-order valence-electron chi connectivity index (χ1n) is 5.56. The summed E-state index contributed by atoms with van der Waals surface area (Å²) in [4.78, 5) is 0.0121. The summed E-state index contributed by atoms with van der Waals surface area (Å²) in [6.45, 7) is 4.06. The van der Waals surface area contributed by atoms with Crippen LogP contribution in [0.25, 0.3) is 10.9 Å². The zero-order chi connectivity index (χ0) is 13.5. The number of nitrogens with two attached hydrogens (primary N) is 1. The molecule has 1 aromatic carbocycles. The maximum Gasteiger partial charge on any atom is 0.241 e. The minimum Gasteiger partial charge on any atom is -0.495 e. The van der Waals surface area contributed by atoms with Crippen LogP contribution >= 0.6 is 0 Å². The maximum atomic E-state index is 11.5. The van der Waals surface area contributed by atoms with E-state index in [0.29, 0.717) is 0 Å². The van der Waals surface area contributed by atoms with Gasteiger partial charge in [-0.1, -0.05) is 0 Å². The lowest BCUT2D eigenvalue weighted by atomic mass is 10.2. The maximum absolute atomic E-state index is 11.5. The van der Waals surface area contributed by atoms with Crippen LogP contribution in [0.5, 0.6) is 5.75 Å². The summed E-state index contributed by atoms with van der Waals surface area (Å²) < 4.78 is 30.2. The molecule has 1 aromatic heterocycles. The highest BCUT2D eigenvalue weighted by molar-refractivity contribution is 7.89. The number of benzene rings is 1. The van der Waals surface area contributed by atoms with Crippen molar-refractivity contribution in [2.24, 2.45) is 5.14 Å². The minimum absolute atomic E-state index is 0.0121. The lowest BCUT2D eigenvalue weighted by molar-refractivity contribution is 0.403. The van der Waals surface area contributed by atoms with Crippen LogP contribution in [-0.4, -0.2) is 20.1 Å². The van der Waals surface area contributed by atoms with E-state index in [1.807, 2.05) is 30.7 Å². The largest absolute Gasteiger partial charge is 0.495 e. The third kappa shape index (κ3) is 2.09. The first-order valence-corrected chi connectivity index (χ1v) is 7.10. The van der Waals surface area contributed by atoms with Gasteiger partial charge in [-0.25, -0.2) is 13.6 Å². The molecule has 0 aliphatic rings. The fourth-order valence-electron chi connectivity index (χ4n) is 2.00. The number of primary sulfonamides is 1. The van der Waals surface area contributed by atoms with E-state index in [1.54, 1.807) is 12.1 Å². The molecule has 0 radical (unpaired) electrons. The number of rotatable bonds is 3. The van der Waals surface area contributed by atoms with Crippen molar-refractivity contribution in [1.82, 2.24) is 4.57 Å². The van der Waals surface area contributed by atoms with Crippen molar-refractivity contribution in [2.45, 2.75) is 24.8 Å². The Morgan fingerprint density at radius 3 is 2.50 bits per heavy atom. The van der Waals surface area contributed by atoms with Crippen LogP contribution < -0.4 is 9.88 Å². The Morgan fingerprint density at radius 2 is 2.00 bits per heavy atom. The van der Waals surface area contributed by atoms with E-state index in [2.05, 4.69) is 0 Å². The standard InChI is InChI=1S/C12H16N2O3S/c1-8(2)14-5-4-9-6-11(17-3)12(7-10(9)14)18(13,15)16/h4-8H,1-3H3,(H2,13,15,16). The van der Waals surface area contributed by atoms with Crippen LogP contribution in [0.1, 0.15) is 19.9 Å². The highest BCUT2D eigenvalue weighted by Gasteiger charge is 2.17. The monoisotopic (exact) mass is 268 g/mol. The number of nitrogens with zero attached hydrogens (tertiary/aromatic N) is 1. The van der Waals surface area contributed by atoms with Crippen LogP contribution in [-0.2, 0) is 10.0 Å². The average molecular weight is 268 g/mol. The third-order valence-electron chi connectivity index (χ3n) is 2.87. The van der Waals surface area contributed by atoms with Crippen molar-refractivity contribution in [3.05, 3.63) is 24.4 Å². The van der Waals surface area contributed by atoms with Gasteiger partial charge in [0.25, 0.3) is 0 Å². The highest BCUT2D eigenvalue weighted by Crippen LogP contribution is 2.30. The van der Waals surface area contributed by atoms with Crippen LogP contribution in [0, 0.1) is 0 Å². The molecule has 2 N–H and O–H groups in total. The Kier molecular flexibility index (Phi) is 3.08. The molecule has 18 heavy (non-hydrogen) atoms. The fraction of sp³-hybridized carbons (Fsp3) is 0.333. The predicted octanol–water partition coefficient (Wildman–Crippen LogP) is 1.88. The SMILES string of the molecule is COc1cc2ccn(C(C)C)c2cc1S(N)(=O)=O. The molecule has 0 bridgehead atoms. The molecule has 0 aliphatic heterocycles. The lowest BCUT2D eigenvalue weighted by Crippen LogP contribution is -2.13. The van der Waals surface area contributed by atoms with Crippen molar-refractivity contribution >= 4 is 20.9 Å². The van der Waals surface area contributed by atoms with Gasteiger partial charge in [0.15, 0.2) is 0 Å². The molecule has 2 rings (SSSR count). The second-order valence-electron chi connectivity index (χ2n) is 4.42. The molecule has 5 nitrogen and oxygen atoms in total. The number of ether oxygens (including phenoxy) is 1. The Balaban J connectivity index is 2.81. The van der Waals surface area contributed by atoms with Gasteiger partial charge >= 0.3 is 0 Å². The Hall–Kier alpha value is -1.53. The molecule has 1 heterocycles. The lowest BCUT2D eigenvalue weighted by Gasteiger charge is -2.12. The van der Waals surface area contributed by atoms with Crippen molar-refractivity contribution < 1.29 is 13.2 Å². The second kappa shape index (κ2) is 4.29. The summed E-state index contributed by atoms with van der Waals surface area (Å²) in [5.41, 5.74) is 0.829. The number of fused-ring (bicyclic) bond motifs is 1. The zero-order valence-electron chi connectivity index (χ0n) is 10.5. The molecule has 0 saturated carbocycles. The van der Waals surface area contributed by atoms with Crippen LogP contribution in [0.3, 0.4) is 0 Å². The number of hydrogen-bond acceptors (Lipinski definition) is 3. The first kappa shape index (κ1) is 12.9. The van der Waals surface area contributed by atoms with Crippen molar-refractivity contribution in [1.29, 1.82) is 0 Å². The van der Waals surface area contributed by atoms with E-state index in [0.717, 1.165) is 10.9 Å². The molecule has 6 heteroatoms. The van der Waals surface area contributed by atoms with Gasteiger partial charge in [-0.3, -0.25) is 0 Å². The van der Waals surface area contributed by atoms with E-state index in [4.69, 9.17) is 9.88 Å². The van der Waals surface area contributed by atoms with E-state index >= 15 is 0 Å². The van der Waals surface area contributed by atoms with Gasteiger partial charge in [-0.05, 0) is 32.0 Å². The Labute approximate surface area is 106 Å². The van der Waals surface area contributed by atoms with Crippen molar-refractivity contribution in [3.8, 4) is 5.75 Å². The number of hydrogen-bond donors (Lipinski definition) is 1. The first-order chi connectivity index (χ1) is 8.34. The molecular weight excluding hydrogens is 252 g/mol. The van der Waals surface area contributed by atoms with E-state index < -0.39 is 10.0 Å². The molecule has 0 spiro atoms.